The van der Waals surface area contributed by atoms with E-state index in [2.05, 4.69) is 0 Å². The fourth-order valence-corrected chi connectivity index (χ4v) is 3.86. The van der Waals surface area contributed by atoms with Crippen LogP contribution in [0.1, 0.15) is 25.0 Å². The second kappa shape index (κ2) is 6.59. The molecular weight excluding hydrogens is 348 g/mol. The van der Waals surface area contributed by atoms with Crippen LogP contribution in [0.5, 0.6) is 5.75 Å². The van der Waals surface area contributed by atoms with Gasteiger partial charge in [0, 0.05) is 16.5 Å². The van der Waals surface area contributed by atoms with E-state index in [0.29, 0.717) is 11.1 Å². The minimum Gasteiger partial charge on any atom is -0.508 e. The van der Waals surface area contributed by atoms with Gasteiger partial charge in [0.1, 0.15) is 10.6 Å². The third-order valence-corrected chi connectivity index (χ3v) is 5.52. The van der Waals surface area contributed by atoms with E-state index in [9.17, 15) is 18.1 Å². The van der Waals surface area contributed by atoms with Gasteiger partial charge in [0.2, 0.25) is 0 Å². The van der Waals surface area contributed by atoms with Crippen LogP contribution in [0.25, 0.3) is 11.1 Å². The molecule has 3 aromatic carbocycles. The molecule has 4 nitrogen and oxygen atoms in total. The van der Waals surface area contributed by atoms with Crippen molar-refractivity contribution in [1.82, 2.24) is 0 Å². The van der Waals surface area contributed by atoms with Crippen molar-refractivity contribution in [2.24, 2.45) is 0 Å². The average Bonchev–Trinajstić information content (AvgIpc) is 2.61. The van der Waals surface area contributed by atoms with Crippen LogP contribution in [0.3, 0.4) is 0 Å². The van der Waals surface area contributed by atoms with E-state index in [1.54, 1.807) is 24.3 Å². The quantitative estimate of drug-likeness (QED) is 0.658. The summed E-state index contributed by atoms with van der Waals surface area (Å²) >= 11 is 0. The highest BCUT2D eigenvalue weighted by Gasteiger charge is 2.29. The van der Waals surface area contributed by atoms with Crippen LogP contribution in [0.4, 0.5) is 0 Å². The Morgan fingerprint density at radius 2 is 1.38 bits per heavy atom. The predicted octanol–water partition coefficient (Wildman–Crippen LogP) is 4.63. The van der Waals surface area contributed by atoms with Crippen molar-refractivity contribution in [2.45, 2.75) is 24.2 Å². The van der Waals surface area contributed by atoms with Gasteiger partial charge in [0.05, 0.1) is 0 Å². The zero-order chi connectivity index (χ0) is 18.9. The smallest absolute Gasteiger partial charge is 0.295 e. The summed E-state index contributed by atoms with van der Waals surface area (Å²) in [4.78, 5) is -0.222. The first kappa shape index (κ1) is 18.2. The molecule has 0 spiro atoms. The van der Waals surface area contributed by atoms with Crippen LogP contribution in [-0.2, 0) is 15.5 Å². The zero-order valence-corrected chi connectivity index (χ0v) is 15.4. The van der Waals surface area contributed by atoms with E-state index < -0.39 is 15.5 Å². The molecule has 0 radical (unpaired) electrons. The molecule has 0 aliphatic carbocycles. The lowest BCUT2D eigenvalue weighted by atomic mass is 9.77. The van der Waals surface area contributed by atoms with Gasteiger partial charge in [0.25, 0.3) is 10.1 Å². The van der Waals surface area contributed by atoms with Gasteiger partial charge in [-0.2, -0.15) is 8.42 Å². The molecule has 0 heterocycles. The molecule has 2 N–H and O–H groups in total. The average molecular weight is 368 g/mol. The van der Waals surface area contributed by atoms with E-state index in [1.807, 2.05) is 50.2 Å². The standard InChI is InChI=1S/C21H20O4S/c1-21(2,16-11-7-4-8-12-16)18-14-20(26(23,24)25)17(13-19(18)22)15-9-5-3-6-10-15/h3-14,22H,1-2H3,(H,23,24,25). The Hall–Kier alpha value is -2.63. The lowest BCUT2D eigenvalue weighted by Gasteiger charge is -2.28. The Kier molecular flexibility index (Phi) is 4.61. The van der Waals surface area contributed by atoms with Crippen molar-refractivity contribution in [1.29, 1.82) is 0 Å². The minimum atomic E-state index is -4.47. The largest absolute Gasteiger partial charge is 0.508 e. The van der Waals surface area contributed by atoms with Crippen LogP contribution in [0, 0.1) is 0 Å². The van der Waals surface area contributed by atoms with Gasteiger partial charge in [-0.25, -0.2) is 0 Å². The molecule has 0 bridgehead atoms. The summed E-state index contributed by atoms with van der Waals surface area (Å²) in [7, 11) is -4.47. The van der Waals surface area contributed by atoms with Gasteiger partial charge in [-0.1, -0.05) is 74.5 Å². The highest BCUT2D eigenvalue weighted by Crippen LogP contribution is 2.41. The van der Waals surface area contributed by atoms with Gasteiger partial charge in [-0.05, 0) is 23.3 Å². The Labute approximate surface area is 153 Å². The normalized spacial score (nSPS) is 12.1. The summed E-state index contributed by atoms with van der Waals surface area (Å²) in [6, 6.07) is 21.0. The van der Waals surface area contributed by atoms with Gasteiger partial charge in [-0.15, -0.1) is 0 Å². The van der Waals surface area contributed by atoms with Crippen LogP contribution in [0.15, 0.2) is 77.7 Å². The topological polar surface area (TPSA) is 74.6 Å². The molecule has 3 rings (SSSR count). The maximum atomic E-state index is 12.0. The summed E-state index contributed by atoms with van der Waals surface area (Å²) in [5.41, 5.74) is 1.55. The van der Waals surface area contributed by atoms with Crippen molar-refractivity contribution < 1.29 is 18.1 Å². The van der Waals surface area contributed by atoms with Crippen molar-refractivity contribution >= 4 is 10.1 Å². The monoisotopic (exact) mass is 368 g/mol. The summed E-state index contributed by atoms with van der Waals surface area (Å²) in [6.45, 7) is 3.79. The third-order valence-electron chi connectivity index (χ3n) is 4.63. The van der Waals surface area contributed by atoms with Crippen molar-refractivity contribution in [3.8, 4) is 16.9 Å². The van der Waals surface area contributed by atoms with Gasteiger partial charge in [0.15, 0.2) is 0 Å². The van der Waals surface area contributed by atoms with Gasteiger partial charge in [-0.3, -0.25) is 4.55 Å². The van der Waals surface area contributed by atoms with Crippen LogP contribution >= 0.6 is 0 Å². The van der Waals surface area contributed by atoms with E-state index in [0.717, 1.165) is 5.56 Å². The summed E-state index contributed by atoms with van der Waals surface area (Å²) < 4.78 is 33.8. The van der Waals surface area contributed by atoms with Crippen LogP contribution < -0.4 is 0 Å². The molecule has 0 unspecified atom stereocenters. The molecular formula is C21H20O4S. The first-order chi connectivity index (χ1) is 12.2. The molecule has 0 saturated carbocycles. The molecule has 0 atom stereocenters. The molecule has 5 heteroatoms. The SMILES string of the molecule is CC(C)(c1ccccc1)c1cc(S(=O)(=O)O)c(-c2ccccc2)cc1O. The maximum Gasteiger partial charge on any atom is 0.295 e. The van der Waals surface area contributed by atoms with E-state index in [-0.39, 0.29) is 16.2 Å². The van der Waals surface area contributed by atoms with Crippen LogP contribution in [-0.4, -0.2) is 18.1 Å². The van der Waals surface area contributed by atoms with Gasteiger partial charge >= 0.3 is 0 Å². The number of benzene rings is 3. The molecule has 0 aliphatic rings. The molecule has 134 valence electrons. The zero-order valence-electron chi connectivity index (χ0n) is 14.5. The third kappa shape index (κ3) is 3.36. The molecule has 0 amide bonds. The summed E-state index contributed by atoms with van der Waals surface area (Å²) in [6.07, 6.45) is 0. The fourth-order valence-electron chi connectivity index (χ4n) is 3.14. The lowest BCUT2D eigenvalue weighted by Crippen LogP contribution is -2.20. The number of rotatable bonds is 4. The van der Waals surface area contributed by atoms with E-state index in [4.69, 9.17) is 0 Å². The predicted molar refractivity (Wildman–Crippen MR) is 102 cm³/mol. The number of phenolic OH excluding ortho intramolecular Hbond substituents is 1. The van der Waals surface area contributed by atoms with E-state index >= 15 is 0 Å². The molecule has 3 aromatic rings. The molecule has 0 aliphatic heterocycles. The summed E-state index contributed by atoms with van der Waals surface area (Å²) in [5, 5.41) is 10.7. The maximum absolute atomic E-state index is 12.0. The minimum absolute atomic E-state index is 0.0230. The molecule has 0 fully saturated rings. The molecule has 26 heavy (non-hydrogen) atoms. The fraction of sp³-hybridized carbons (Fsp3) is 0.143. The van der Waals surface area contributed by atoms with Crippen molar-refractivity contribution in [3.05, 3.63) is 83.9 Å². The van der Waals surface area contributed by atoms with Crippen LogP contribution in [0.2, 0.25) is 0 Å². The Balaban J connectivity index is 2.27. The van der Waals surface area contributed by atoms with Crippen molar-refractivity contribution in [3.63, 3.8) is 0 Å². The first-order valence-corrected chi connectivity index (χ1v) is 9.61. The highest BCUT2D eigenvalue weighted by molar-refractivity contribution is 7.86. The van der Waals surface area contributed by atoms with Crippen molar-refractivity contribution in [2.75, 3.05) is 0 Å². The second-order valence-electron chi connectivity index (χ2n) is 6.70. The number of aromatic hydroxyl groups is 1. The number of phenols is 1. The first-order valence-electron chi connectivity index (χ1n) is 8.17. The van der Waals surface area contributed by atoms with Gasteiger partial charge < -0.3 is 5.11 Å². The van der Waals surface area contributed by atoms with E-state index in [1.165, 1.54) is 12.1 Å². The second-order valence-corrected chi connectivity index (χ2v) is 8.09. The lowest BCUT2D eigenvalue weighted by molar-refractivity contribution is 0.451. The number of hydrogen-bond donors (Lipinski definition) is 2. The Morgan fingerprint density at radius 1 is 0.846 bits per heavy atom. The Bertz CT molecular complexity index is 1020. The summed E-state index contributed by atoms with van der Waals surface area (Å²) in [5.74, 6) is -0.0230. The Morgan fingerprint density at radius 3 is 1.92 bits per heavy atom. The highest BCUT2D eigenvalue weighted by atomic mass is 32.2. The number of hydrogen-bond acceptors (Lipinski definition) is 3. The molecule has 0 aromatic heterocycles. The molecule has 0 saturated heterocycles.